The molecular weight excluding hydrogens is 345 g/mol. The summed E-state index contributed by atoms with van der Waals surface area (Å²) in [6.07, 6.45) is 0.707. The predicted octanol–water partition coefficient (Wildman–Crippen LogP) is 4.84. The van der Waals surface area contributed by atoms with E-state index in [1.54, 1.807) is 35.2 Å². The van der Waals surface area contributed by atoms with Gasteiger partial charge in [-0.25, -0.2) is 4.79 Å². The number of rotatable bonds is 2. The van der Waals surface area contributed by atoms with E-state index in [1.165, 1.54) is 0 Å². The molecule has 3 rings (SSSR count). The average Bonchev–Trinajstić information content (AvgIpc) is 2.46. The van der Waals surface area contributed by atoms with Crippen molar-refractivity contribution in [2.24, 2.45) is 0 Å². The van der Waals surface area contributed by atoms with Crippen molar-refractivity contribution in [2.75, 3.05) is 11.4 Å². The number of nitrogens with zero attached hydrogens (tertiary/aromatic N) is 1. The van der Waals surface area contributed by atoms with E-state index < -0.39 is 12.0 Å². The summed E-state index contributed by atoms with van der Waals surface area (Å²) in [4.78, 5) is 13.6. The van der Waals surface area contributed by atoms with E-state index in [2.05, 4.69) is 0 Å². The van der Waals surface area contributed by atoms with Gasteiger partial charge in [-0.1, -0.05) is 40.9 Å². The summed E-state index contributed by atoms with van der Waals surface area (Å²) in [6, 6.07) is 9.60. The molecule has 2 aromatic carbocycles. The third kappa shape index (κ3) is 2.76. The molecule has 2 aromatic rings. The Bertz CT molecular complexity index is 748. The molecule has 3 nitrogen and oxygen atoms in total. The van der Waals surface area contributed by atoms with E-state index in [0.29, 0.717) is 33.7 Å². The Morgan fingerprint density at radius 3 is 2.45 bits per heavy atom. The van der Waals surface area contributed by atoms with E-state index in [1.807, 2.05) is 6.07 Å². The molecule has 0 spiro atoms. The first-order chi connectivity index (χ1) is 10.5. The van der Waals surface area contributed by atoms with Gasteiger partial charge in [-0.15, -0.1) is 0 Å². The van der Waals surface area contributed by atoms with Gasteiger partial charge in [-0.05, 0) is 47.9 Å². The first-order valence-electron chi connectivity index (χ1n) is 6.70. The number of hydrogen-bond acceptors (Lipinski definition) is 2. The SMILES string of the molecule is O=C(O)[C@H]1c2ccc(Cl)cc2CCN1c1ccc(Cl)cc1Cl. The van der Waals surface area contributed by atoms with Crippen molar-refractivity contribution in [3.05, 3.63) is 62.6 Å². The number of anilines is 1. The molecule has 1 aliphatic heterocycles. The largest absolute Gasteiger partial charge is 0.479 e. The first kappa shape index (κ1) is 15.5. The van der Waals surface area contributed by atoms with Crippen LogP contribution in [0.1, 0.15) is 17.2 Å². The summed E-state index contributed by atoms with van der Waals surface area (Å²) in [5, 5.41) is 11.3. The fourth-order valence-corrected chi connectivity index (χ4v) is 3.55. The van der Waals surface area contributed by atoms with Gasteiger partial charge in [0.1, 0.15) is 0 Å². The van der Waals surface area contributed by atoms with Gasteiger partial charge in [0.05, 0.1) is 10.7 Å². The van der Waals surface area contributed by atoms with Crippen LogP contribution in [0.2, 0.25) is 15.1 Å². The van der Waals surface area contributed by atoms with Crippen molar-refractivity contribution in [1.82, 2.24) is 0 Å². The lowest BCUT2D eigenvalue weighted by Gasteiger charge is -2.37. The number of carbonyl (C=O) groups is 1. The average molecular weight is 357 g/mol. The molecule has 1 N–H and O–H groups in total. The van der Waals surface area contributed by atoms with E-state index in [-0.39, 0.29) is 0 Å². The second kappa shape index (κ2) is 5.99. The van der Waals surface area contributed by atoms with Gasteiger partial charge in [-0.2, -0.15) is 0 Å². The summed E-state index contributed by atoms with van der Waals surface area (Å²) in [5.41, 5.74) is 2.37. The third-order valence-corrected chi connectivity index (χ3v) is 4.56. The molecule has 0 saturated carbocycles. The Hall–Kier alpha value is -1.42. The van der Waals surface area contributed by atoms with Crippen LogP contribution in [-0.4, -0.2) is 17.6 Å². The monoisotopic (exact) mass is 355 g/mol. The highest BCUT2D eigenvalue weighted by Gasteiger charge is 2.34. The van der Waals surface area contributed by atoms with Crippen LogP contribution < -0.4 is 4.90 Å². The lowest BCUT2D eigenvalue weighted by atomic mass is 9.92. The molecule has 1 aliphatic rings. The van der Waals surface area contributed by atoms with E-state index in [4.69, 9.17) is 34.8 Å². The highest BCUT2D eigenvalue weighted by atomic mass is 35.5. The molecule has 1 atom stereocenters. The zero-order valence-corrected chi connectivity index (χ0v) is 13.7. The standard InChI is InChI=1S/C16H12Cl3NO2/c17-10-1-3-12-9(7-10)5-6-20(15(12)16(21)22)14-4-2-11(18)8-13(14)19/h1-4,7-8,15H,5-6H2,(H,21,22)/t15-/m1/s1. The Labute approximate surface area is 143 Å². The highest BCUT2D eigenvalue weighted by molar-refractivity contribution is 6.36. The lowest BCUT2D eigenvalue weighted by Crippen LogP contribution is -2.40. The summed E-state index contributed by atoms with van der Waals surface area (Å²) >= 11 is 18.2. The molecule has 0 fully saturated rings. The molecular formula is C16H12Cl3NO2. The van der Waals surface area contributed by atoms with Crippen LogP contribution in [0.5, 0.6) is 0 Å². The van der Waals surface area contributed by atoms with Crippen LogP contribution in [0.15, 0.2) is 36.4 Å². The molecule has 0 bridgehead atoms. The Balaban J connectivity index is 2.09. The predicted molar refractivity (Wildman–Crippen MR) is 89.3 cm³/mol. The molecule has 1 heterocycles. The number of carboxylic acids is 1. The third-order valence-electron chi connectivity index (χ3n) is 3.79. The van der Waals surface area contributed by atoms with Gasteiger partial charge < -0.3 is 10.0 Å². The van der Waals surface area contributed by atoms with Gasteiger partial charge >= 0.3 is 5.97 Å². The smallest absolute Gasteiger partial charge is 0.331 e. The Morgan fingerprint density at radius 2 is 1.77 bits per heavy atom. The quantitative estimate of drug-likeness (QED) is 0.837. The van der Waals surface area contributed by atoms with Crippen molar-refractivity contribution in [2.45, 2.75) is 12.5 Å². The minimum atomic E-state index is -0.922. The maximum absolute atomic E-state index is 11.8. The van der Waals surface area contributed by atoms with Gasteiger partial charge in [0, 0.05) is 16.6 Å². The maximum Gasteiger partial charge on any atom is 0.331 e. The van der Waals surface area contributed by atoms with Crippen molar-refractivity contribution >= 4 is 46.5 Å². The minimum Gasteiger partial charge on any atom is -0.479 e. The van der Waals surface area contributed by atoms with Crippen molar-refractivity contribution in [1.29, 1.82) is 0 Å². The Kier molecular flexibility index (Phi) is 4.22. The molecule has 0 aliphatic carbocycles. The number of hydrogen-bond donors (Lipinski definition) is 1. The summed E-state index contributed by atoms with van der Waals surface area (Å²) in [7, 11) is 0. The van der Waals surface area contributed by atoms with Crippen LogP contribution in [-0.2, 0) is 11.2 Å². The van der Waals surface area contributed by atoms with Crippen LogP contribution in [0.25, 0.3) is 0 Å². The van der Waals surface area contributed by atoms with E-state index in [9.17, 15) is 9.90 Å². The Morgan fingerprint density at radius 1 is 1.09 bits per heavy atom. The van der Waals surface area contributed by atoms with Gasteiger partial charge in [0.15, 0.2) is 6.04 Å². The van der Waals surface area contributed by atoms with E-state index >= 15 is 0 Å². The summed E-state index contributed by atoms with van der Waals surface area (Å²) in [6.45, 7) is 0.547. The molecule has 0 saturated heterocycles. The van der Waals surface area contributed by atoms with Gasteiger partial charge in [0.25, 0.3) is 0 Å². The van der Waals surface area contributed by atoms with E-state index in [0.717, 1.165) is 11.1 Å². The fraction of sp³-hybridized carbons (Fsp3) is 0.188. The molecule has 0 unspecified atom stereocenters. The zero-order valence-electron chi connectivity index (χ0n) is 11.4. The second-order valence-corrected chi connectivity index (χ2v) is 6.40. The van der Waals surface area contributed by atoms with Gasteiger partial charge in [0.2, 0.25) is 0 Å². The van der Waals surface area contributed by atoms with Crippen LogP contribution in [0.4, 0.5) is 5.69 Å². The number of carboxylic acid groups (broad SMARTS) is 1. The molecule has 0 amide bonds. The summed E-state index contributed by atoms with van der Waals surface area (Å²) in [5.74, 6) is -0.922. The minimum absolute atomic E-state index is 0.441. The van der Waals surface area contributed by atoms with Gasteiger partial charge in [-0.3, -0.25) is 0 Å². The normalized spacial score (nSPS) is 17.2. The molecule has 0 radical (unpaired) electrons. The van der Waals surface area contributed by atoms with Crippen LogP contribution >= 0.6 is 34.8 Å². The molecule has 0 aromatic heterocycles. The molecule has 22 heavy (non-hydrogen) atoms. The zero-order chi connectivity index (χ0) is 15.9. The molecule has 6 heteroatoms. The second-order valence-electron chi connectivity index (χ2n) is 5.12. The maximum atomic E-state index is 11.8. The summed E-state index contributed by atoms with van der Waals surface area (Å²) < 4.78 is 0. The highest BCUT2D eigenvalue weighted by Crippen LogP contribution is 2.39. The van der Waals surface area contributed by atoms with Crippen LogP contribution in [0, 0.1) is 0 Å². The topological polar surface area (TPSA) is 40.5 Å². The van der Waals surface area contributed by atoms with Crippen molar-refractivity contribution in [3.63, 3.8) is 0 Å². The van der Waals surface area contributed by atoms with Crippen LogP contribution in [0.3, 0.4) is 0 Å². The van der Waals surface area contributed by atoms with Crippen molar-refractivity contribution in [3.8, 4) is 0 Å². The fourth-order valence-electron chi connectivity index (χ4n) is 2.84. The first-order valence-corrected chi connectivity index (χ1v) is 7.83. The van der Waals surface area contributed by atoms with Crippen molar-refractivity contribution < 1.29 is 9.90 Å². The number of benzene rings is 2. The molecule has 114 valence electrons. The number of fused-ring (bicyclic) bond motifs is 1. The number of aliphatic carboxylic acids is 1. The number of halogens is 3. The lowest BCUT2D eigenvalue weighted by molar-refractivity contribution is -0.138.